The lowest BCUT2D eigenvalue weighted by atomic mass is 9.89. The molecule has 12 heteroatoms. The smallest absolute Gasteiger partial charge is 0.445 e. The van der Waals surface area contributed by atoms with E-state index in [1.807, 2.05) is 25.1 Å². The van der Waals surface area contributed by atoms with Gasteiger partial charge in [-0.2, -0.15) is 13.2 Å². The second kappa shape index (κ2) is 10.3. The Bertz CT molecular complexity index is 1250. The number of alkyl halides is 3. The molecule has 3 aromatic rings. The molecule has 1 saturated heterocycles. The standard InChI is InChI=1S/C24H24F3N5O4/c1-2-16-11-31(23(35)36-14-15-6-4-3-5-7-15)12-17(16)19(33)13-32(22(34)24(25,26)27)20-10-29-21-18(30-20)8-9-28-21/h3-10,16-17H,2,11-14H2,1H3,(H,28,29)/t16-,17+/m1/s1. The number of Topliss-reactive ketones (excluding diaryl/α,β-unsaturated/α-hetero) is 1. The number of aromatic nitrogens is 3. The fraction of sp³-hybridized carbons (Fsp3) is 0.375. The monoisotopic (exact) mass is 503 g/mol. The number of amides is 2. The number of rotatable bonds is 7. The molecule has 3 heterocycles. The van der Waals surface area contributed by atoms with Crippen LogP contribution in [0.4, 0.5) is 23.8 Å². The second-order valence-corrected chi connectivity index (χ2v) is 8.52. The van der Waals surface area contributed by atoms with Crippen LogP contribution in [0.15, 0.2) is 48.8 Å². The molecule has 0 radical (unpaired) electrons. The molecule has 0 spiro atoms. The van der Waals surface area contributed by atoms with Crippen LogP contribution in [0, 0.1) is 11.8 Å². The summed E-state index contributed by atoms with van der Waals surface area (Å²) in [6.45, 7) is 1.24. The average molecular weight is 503 g/mol. The number of carbonyl (C=O) groups is 3. The van der Waals surface area contributed by atoms with E-state index in [-0.39, 0.29) is 36.9 Å². The highest BCUT2D eigenvalue weighted by Crippen LogP contribution is 2.30. The first kappa shape index (κ1) is 25.1. The highest BCUT2D eigenvalue weighted by atomic mass is 19.4. The lowest BCUT2D eigenvalue weighted by Crippen LogP contribution is -2.46. The predicted molar refractivity (Wildman–Crippen MR) is 123 cm³/mol. The van der Waals surface area contributed by atoms with Gasteiger partial charge in [0.15, 0.2) is 17.2 Å². The Morgan fingerprint density at radius 1 is 1.17 bits per heavy atom. The third-order valence-electron chi connectivity index (χ3n) is 6.17. The lowest BCUT2D eigenvalue weighted by Gasteiger charge is -2.24. The second-order valence-electron chi connectivity index (χ2n) is 8.52. The predicted octanol–water partition coefficient (Wildman–Crippen LogP) is 3.72. The fourth-order valence-electron chi connectivity index (χ4n) is 4.24. The average Bonchev–Trinajstić information content (AvgIpc) is 3.52. The van der Waals surface area contributed by atoms with Crippen molar-refractivity contribution >= 4 is 34.8 Å². The van der Waals surface area contributed by atoms with Gasteiger partial charge in [0.25, 0.3) is 0 Å². The van der Waals surface area contributed by atoms with Crippen LogP contribution in [0.1, 0.15) is 18.9 Å². The molecule has 2 aromatic heterocycles. The SMILES string of the molecule is CC[C@@H]1CN(C(=O)OCc2ccccc2)C[C@@H]1C(=O)CN(C(=O)C(F)(F)F)c1cnc2[nH]ccc2n1. The molecule has 36 heavy (non-hydrogen) atoms. The van der Waals surface area contributed by atoms with E-state index >= 15 is 0 Å². The topological polar surface area (TPSA) is 108 Å². The molecule has 0 bridgehead atoms. The van der Waals surface area contributed by atoms with Crippen LogP contribution in [0.3, 0.4) is 0 Å². The zero-order valence-electron chi connectivity index (χ0n) is 19.4. The van der Waals surface area contributed by atoms with Gasteiger partial charge in [-0.05, 0) is 17.5 Å². The van der Waals surface area contributed by atoms with E-state index in [0.717, 1.165) is 11.8 Å². The first-order chi connectivity index (χ1) is 17.2. The molecule has 4 rings (SSSR count). The molecule has 190 valence electrons. The Morgan fingerprint density at radius 3 is 2.61 bits per heavy atom. The molecule has 0 unspecified atom stereocenters. The summed E-state index contributed by atoms with van der Waals surface area (Å²) in [5.41, 5.74) is 1.38. The molecule has 1 N–H and O–H groups in total. The number of ketones is 1. The number of halogens is 3. The van der Waals surface area contributed by atoms with Crippen molar-refractivity contribution in [2.45, 2.75) is 26.1 Å². The third kappa shape index (κ3) is 5.47. The van der Waals surface area contributed by atoms with Crippen LogP contribution in [0.2, 0.25) is 0 Å². The Kier molecular flexibility index (Phi) is 7.22. The van der Waals surface area contributed by atoms with E-state index in [2.05, 4.69) is 15.0 Å². The van der Waals surface area contributed by atoms with Crippen LogP contribution in [0.5, 0.6) is 0 Å². The Balaban J connectivity index is 1.48. The normalized spacial score (nSPS) is 17.8. The maximum atomic E-state index is 13.4. The van der Waals surface area contributed by atoms with Gasteiger partial charge in [-0.15, -0.1) is 0 Å². The van der Waals surface area contributed by atoms with Crippen molar-refractivity contribution in [3.05, 3.63) is 54.4 Å². The van der Waals surface area contributed by atoms with Crippen molar-refractivity contribution in [3.63, 3.8) is 0 Å². The summed E-state index contributed by atoms with van der Waals surface area (Å²) in [5.74, 6) is -4.25. The maximum Gasteiger partial charge on any atom is 0.471 e. The number of likely N-dealkylation sites (tertiary alicyclic amines) is 1. The van der Waals surface area contributed by atoms with Crippen molar-refractivity contribution in [2.24, 2.45) is 11.8 Å². The number of carbonyl (C=O) groups excluding carboxylic acids is 3. The van der Waals surface area contributed by atoms with Crippen LogP contribution < -0.4 is 4.90 Å². The van der Waals surface area contributed by atoms with Gasteiger partial charge in [0.1, 0.15) is 12.1 Å². The minimum atomic E-state index is -5.22. The van der Waals surface area contributed by atoms with Gasteiger partial charge >= 0.3 is 18.2 Å². The van der Waals surface area contributed by atoms with Gasteiger partial charge in [0.05, 0.1) is 12.7 Å². The van der Waals surface area contributed by atoms with E-state index in [0.29, 0.717) is 17.0 Å². The number of hydrogen-bond donors (Lipinski definition) is 1. The minimum absolute atomic E-state index is 0.0124. The summed E-state index contributed by atoms with van der Waals surface area (Å²) in [6, 6.07) is 10.6. The lowest BCUT2D eigenvalue weighted by molar-refractivity contribution is -0.170. The van der Waals surface area contributed by atoms with Crippen molar-refractivity contribution in [1.82, 2.24) is 19.9 Å². The van der Waals surface area contributed by atoms with Crippen molar-refractivity contribution in [2.75, 3.05) is 24.5 Å². The highest BCUT2D eigenvalue weighted by Gasteiger charge is 2.46. The Labute approximate surface area is 204 Å². The third-order valence-corrected chi connectivity index (χ3v) is 6.17. The maximum absolute atomic E-state index is 13.4. The largest absolute Gasteiger partial charge is 0.471 e. The van der Waals surface area contributed by atoms with E-state index in [1.165, 1.54) is 17.2 Å². The van der Waals surface area contributed by atoms with Crippen LogP contribution in [-0.2, 0) is 20.9 Å². The zero-order chi connectivity index (χ0) is 25.9. The van der Waals surface area contributed by atoms with Gasteiger partial charge in [-0.1, -0.05) is 43.7 Å². The van der Waals surface area contributed by atoms with E-state index in [4.69, 9.17) is 4.74 Å². The molecular formula is C24H24F3N5O4. The van der Waals surface area contributed by atoms with E-state index in [1.54, 1.807) is 12.1 Å². The summed E-state index contributed by atoms with van der Waals surface area (Å²) in [5, 5.41) is 0. The molecule has 1 aromatic carbocycles. The number of nitrogens with one attached hydrogen (secondary N) is 1. The number of hydrogen-bond acceptors (Lipinski definition) is 6. The Morgan fingerprint density at radius 2 is 1.92 bits per heavy atom. The molecule has 1 aliphatic rings. The zero-order valence-corrected chi connectivity index (χ0v) is 19.4. The van der Waals surface area contributed by atoms with Gasteiger partial charge in [0.2, 0.25) is 0 Å². The van der Waals surface area contributed by atoms with Crippen molar-refractivity contribution in [1.29, 1.82) is 0 Å². The number of nitrogens with zero attached hydrogens (tertiary/aromatic N) is 4. The van der Waals surface area contributed by atoms with Crippen molar-refractivity contribution in [3.8, 4) is 0 Å². The van der Waals surface area contributed by atoms with Gasteiger partial charge in [-0.3, -0.25) is 14.5 Å². The number of aromatic amines is 1. The summed E-state index contributed by atoms with van der Waals surface area (Å²) < 4.78 is 45.5. The molecule has 0 saturated carbocycles. The molecule has 2 amide bonds. The molecule has 2 atom stereocenters. The first-order valence-electron chi connectivity index (χ1n) is 11.3. The summed E-state index contributed by atoms with van der Waals surface area (Å²) in [7, 11) is 0. The Hall–Kier alpha value is -3.96. The van der Waals surface area contributed by atoms with Gasteiger partial charge in [-0.25, -0.2) is 14.8 Å². The first-order valence-corrected chi connectivity index (χ1v) is 11.3. The van der Waals surface area contributed by atoms with Crippen molar-refractivity contribution < 1.29 is 32.3 Å². The molecule has 9 nitrogen and oxygen atoms in total. The van der Waals surface area contributed by atoms with Gasteiger partial charge in [0, 0.05) is 25.2 Å². The highest BCUT2D eigenvalue weighted by molar-refractivity contribution is 6.02. The minimum Gasteiger partial charge on any atom is -0.445 e. The summed E-state index contributed by atoms with van der Waals surface area (Å²) in [6.07, 6.45) is -2.80. The number of ether oxygens (including phenoxy) is 1. The fourth-order valence-corrected chi connectivity index (χ4v) is 4.24. The van der Waals surface area contributed by atoms with Crippen LogP contribution >= 0.6 is 0 Å². The number of anilines is 1. The number of benzene rings is 1. The quantitative estimate of drug-likeness (QED) is 0.527. The number of fused-ring (bicyclic) bond motifs is 1. The van der Waals surface area contributed by atoms with E-state index < -0.39 is 36.4 Å². The van der Waals surface area contributed by atoms with Crippen LogP contribution in [0.25, 0.3) is 11.2 Å². The summed E-state index contributed by atoms with van der Waals surface area (Å²) in [4.78, 5) is 50.5. The summed E-state index contributed by atoms with van der Waals surface area (Å²) >= 11 is 0. The molecular weight excluding hydrogens is 479 g/mol. The van der Waals surface area contributed by atoms with Crippen LogP contribution in [-0.4, -0.2) is 63.4 Å². The van der Waals surface area contributed by atoms with Gasteiger partial charge < -0.3 is 14.6 Å². The molecule has 0 aliphatic carbocycles. The van der Waals surface area contributed by atoms with E-state index in [9.17, 15) is 27.6 Å². The molecule has 1 fully saturated rings. The molecule has 1 aliphatic heterocycles. The number of H-pyrrole nitrogens is 1.